The van der Waals surface area contributed by atoms with Crippen molar-refractivity contribution in [2.24, 2.45) is 5.92 Å². The number of nitrogens with one attached hydrogen (secondary N) is 1. The Hall–Kier alpha value is -2.15. The van der Waals surface area contributed by atoms with Gasteiger partial charge in [-0.05, 0) is 24.5 Å². The van der Waals surface area contributed by atoms with Crippen LogP contribution in [0.15, 0.2) is 40.0 Å². The average Bonchev–Trinajstić information content (AvgIpc) is 3.07. The summed E-state index contributed by atoms with van der Waals surface area (Å²) in [5.74, 6) is -0.776. The molecule has 0 atom stereocenters. The van der Waals surface area contributed by atoms with Crippen LogP contribution in [0.2, 0.25) is 0 Å². The highest BCUT2D eigenvalue weighted by atomic mass is 32.2. The van der Waals surface area contributed by atoms with Crippen LogP contribution in [0, 0.1) is 17.6 Å². The molecule has 3 aromatic rings. The molecule has 4 rings (SSSR count). The van der Waals surface area contributed by atoms with Crippen LogP contribution >= 0.6 is 11.8 Å². The molecule has 27 heavy (non-hydrogen) atoms. The van der Waals surface area contributed by atoms with Crippen molar-refractivity contribution in [3.8, 4) is 0 Å². The van der Waals surface area contributed by atoms with Gasteiger partial charge in [-0.1, -0.05) is 38.2 Å². The SMILES string of the molecule is O=c1cc(CSc2cccc(F)c2F)nc2cc(CC3CCCCC3)[nH]n12. The lowest BCUT2D eigenvalue weighted by Crippen LogP contribution is -2.16. The Bertz CT molecular complexity index is 1010. The maximum atomic E-state index is 13.8. The predicted octanol–water partition coefficient (Wildman–Crippen LogP) is 4.72. The molecule has 0 amide bonds. The standard InChI is InChI=1S/C20H21F2N3OS/c21-16-7-4-8-17(20(16)22)27-12-15-11-19(26)25-18(23-15)10-14(24-25)9-13-5-2-1-3-6-13/h4,7-8,10-11,13,24H,1-3,5-6,9,12H2. The first-order valence-electron chi connectivity index (χ1n) is 9.27. The number of hydrogen-bond donors (Lipinski definition) is 1. The number of rotatable bonds is 5. The molecular weight excluding hydrogens is 368 g/mol. The van der Waals surface area contributed by atoms with E-state index in [1.807, 2.05) is 6.07 Å². The Morgan fingerprint density at radius 3 is 2.81 bits per heavy atom. The first-order chi connectivity index (χ1) is 13.1. The molecule has 0 spiro atoms. The largest absolute Gasteiger partial charge is 0.294 e. The third kappa shape index (κ3) is 4.08. The average molecular weight is 389 g/mol. The molecule has 1 aliphatic carbocycles. The van der Waals surface area contributed by atoms with Gasteiger partial charge in [-0.2, -0.15) is 0 Å². The number of hydrogen-bond acceptors (Lipinski definition) is 3. The normalized spacial score (nSPS) is 15.5. The molecule has 4 nitrogen and oxygen atoms in total. The Balaban J connectivity index is 1.52. The van der Waals surface area contributed by atoms with Gasteiger partial charge in [0.2, 0.25) is 0 Å². The molecule has 0 aliphatic heterocycles. The number of fused-ring (bicyclic) bond motifs is 1. The van der Waals surface area contributed by atoms with Gasteiger partial charge in [0.05, 0.1) is 5.69 Å². The van der Waals surface area contributed by atoms with Crippen LogP contribution < -0.4 is 5.56 Å². The van der Waals surface area contributed by atoms with Crippen LogP contribution in [0.4, 0.5) is 8.78 Å². The first kappa shape index (κ1) is 18.2. The maximum absolute atomic E-state index is 13.8. The van der Waals surface area contributed by atoms with Crippen molar-refractivity contribution >= 4 is 17.4 Å². The lowest BCUT2D eigenvalue weighted by molar-refractivity contribution is 0.354. The third-order valence-electron chi connectivity index (χ3n) is 5.08. The zero-order chi connectivity index (χ0) is 18.8. The molecule has 1 N–H and O–H groups in total. The van der Waals surface area contributed by atoms with Crippen molar-refractivity contribution in [3.05, 3.63) is 63.7 Å². The Morgan fingerprint density at radius 2 is 2.00 bits per heavy atom. The van der Waals surface area contributed by atoms with E-state index >= 15 is 0 Å². The second kappa shape index (κ2) is 7.84. The number of benzene rings is 1. The molecule has 0 bridgehead atoms. The van der Waals surface area contributed by atoms with Gasteiger partial charge < -0.3 is 0 Å². The fourth-order valence-electron chi connectivity index (χ4n) is 3.72. The smallest absolute Gasteiger partial charge is 0.272 e. The van der Waals surface area contributed by atoms with E-state index < -0.39 is 11.6 Å². The number of thioether (sulfide) groups is 1. The molecule has 0 unspecified atom stereocenters. The molecule has 142 valence electrons. The summed E-state index contributed by atoms with van der Waals surface area (Å²) in [6, 6.07) is 7.44. The van der Waals surface area contributed by atoms with Gasteiger partial charge in [-0.3, -0.25) is 9.89 Å². The van der Waals surface area contributed by atoms with Gasteiger partial charge in [0.1, 0.15) is 0 Å². The van der Waals surface area contributed by atoms with Gasteiger partial charge >= 0.3 is 0 Å². The Morgan fingerprint density at radius 1 is 1.19 bits per heavy atom. The number of H-pyrrole nitrogens is 1. The lowest BCUT2D eigenvalue weighted by Gasteiger charge is -2.20. The maximum Gasteiger partial charge on any atom is 0.272 e. The quantitative estimate of drug-likeness (QED) is 0.643. The third-order valence-corrected chi connectivity index (χ3v) is 6.15. The van der Waals surface area contributed by atoms with E-state index in [9.17, 15) is 13.6 Å². The summed E-state index contributed by atoms with van der Waals surface area (Å²) in [6.07, 6.45) is 7.28. The van der Waals surface area contributed by atoms with Gasteiger partial charge in [0.25, 0.3) is 5.56 Å². The van der Waals surface area contributed by atoms with E-state index in [-0.39, 0.29) is 10.5 Å². The van der Waals surface area contributed by atoms with Crippen molar-refractivity contribution in [1.29, 1.82) is 0 Å². The minimum absolute atomic E-state index is 0.190. The summed E-state index contributed by atoms with van der Waals surface area (Å²) in [5, 5.41) is 3.15. The van der Waals surface area contributed by atoms with Crippen molar-refractivity contribution in [3.63, 3.8) is 0 Å². The molecule has 0 saturated heterocycles. The molecule has 2 aromatic heterocycles. The van der Waals surface area contributed by atoms with E-state index in [4.69, 9.17) is 0 Å². The number of aromatic amines is 1. The number of halogens is 2. The minimum atomic E-state index is -0.874. The highest BCUT2D eigenvalue weighted by Crippen LogP contribution is 2.27. The molecule has 1 aromatic carbocycles. The van der Waals surface area contributed by atoms with E-state index in [1.165, 1.54) is 54.8 Å². The van der Waals surface area contributed by atoms with Crippen LogP contribution in [0.1, 0.15) is 43.5 Å². The van der Waals surface area contributed by atoms with Crippen molar-refractivity contribution in [2.45, 2.75) is 49.2 Å². The highest BCUT2D eigenvalue weighted by molar-refractivity contribution is 7.98. The van der Waals surface area contributed by atoms with E-state index in [0.29, 0.717) is 23.0 Å². The second-order valence-corrected chi connectivity index (χ2v) is 8.13. The second-order valence-electron chi connectivity index (χ2n) is 7.11. The van der Waals surface area contributed by atoms with Crippen molar-refractivity contribution in [1.82, 2.24) is 14.6 Å². The van der Waals surface area contributed by atoms with Crippen molar-refractivity contribution in [2.75, 3.05) is 0 Å². The van der Waals surface area contributed by atoms with Crippen LogP contribution in [0.5, 0.6) is 0 Å². The van der Waals surface area contributed by atoms with Gasteiger partial charge in [-0.15, -0.1) is 11.8 Å². The van der Waals surface area contributed by atoms with Gasteiger partial charge in [0.15, 0.2) is 17.3 Å². The van der Waals surface area contributed by atoms with Gasteiger partial charge in [0, 0.05) is 28.5 Å². The topological polar surface area (TPSA) is 50.2 Å². The zero-order valence-corrected chi connectivity index (χ0v) is 15.7. The first-order valence-corrected chi connectivity index (χ1v) is 10.3. The molecule has 1 fully saturated rings. The summed E-state index contributed by atoms with van der Waals surface area (Å²) in [6.45, 7) is 0. The van der Waals surface area contributed by atoms with Crippen molar-refractivity contribution < 1.29 is 8.78 Å². The number of nitrogens with zero attached hydrogens (tertiary/aromatic N) is 2. The van der Waals surface area contributed by atoms with E-state index in [0.717, 1.165) is 29.9 Å². The molecule has 2 heterocycles. The highest BCUT2D eigenvalue weighted by Gasteiger charge is 2.16. The van der Waals surface area contributed by atoms with Gasteiger partial charge in [-0.25, -0.2) is 18.3 Å². The number of aromatic nitrogens is 3. The summed E-state index contributed by atoms with van der Waals surface area (Å²) in [5.41, 5.74) is 1.96. The van der Waals surface area contributed by atoms with Crippen LogP contribution in [-0.4, -0.2) is 14.6 Å². The summed E-state index contributed by atoms with van der Waals surface area (Å²) >= 11 is 1.13. The molecular formula is C20H21F2N3OS. The molecule has 7 heteroatoms. The van der Waals surface area contributed by atoms with Crippen LogP contribution in [0.3, 0.4) is 0 Å². The minimum Gasteiger partial charge on any atom is -0.294 e. The summed E-state index contributed by atoms with van der Waals surface area (Å²) in [7, 11) is 0. The lowest BCUT2D eigenvalue weighted by atomic mass is 9.86. The zero-order valence-electron chi connectivity index (χ0n) is 14.9. The Labute approximate surface area is 160 Å². The Kier molecular flexibility index (Phi) is 5.29. The van der Waals surface area contributed by atoms with Crippen LogP contribution in [-0.2, 0) is 12.2 Å². The predicted molar refractivity (Wildman–Crippen MR) is 102 cm³/mol. The fourth-order valence-corrected chi connectivity index (χ4v) is 4.57. The molecule has 1 saturated carbocycles. The monoisotopic (exact) mass is 389 g/mol. The van der Waals surface area contributed by atoms with Crippen LogP contribution in [0.25, 0.3) is 5.65 Å². The summed E-state index contributed by atoms with van der Waals surface area (Å²) in [4.78, 5) is 17.1. The molecule has 1 aliphatic rings. The van der Waals surface area contributed by atoms with E-state index in [2.05, 4.69) is 10.1 Å². The fraction of sp³-hybridized carbons (Fsp3) is 0.400. The molecule has 0 radical (unpaired) electrons. The summed E-state index contributed by atoms with van der Waals surface area (Å²) < 4.78 is 28.5. The van der Waals surface area contributed by atoms with E-state index in [1.54, 1.807) is 0 Å².